The van der Waals surface area contributed by atoms with E-state index in [1.54, 1.807) is 11.3 Å². The second-order valence-corrected chi connectivity index (χ2v) is 6.56. The third-order valence-corrected chi connectivity index (χ3v) is 4.27. The number of nitrogens with one attached hydrogen (secondary N) is 2. The standard InChI is InChI=1S/C14H25N3O2S/c1-9(2)12(18)5-7-15-14(19)16-8-6-13-10(3)17-11(4)20-13/h9,12,18H,5-8H2,1-4H3,(H2,15,16,19). The number of aliphatic hydroxyl groups excluding tert-OH is 1. The zero-order valence-corrected chi connectivity index (χ0v) is 13.5. The van der Waals surface area contributed by atoms with Gasteiger partial charge in [0.05, 0.1) is 16.8 Å². The molecule has 0 aliphatic carbocycles. The molecule has 6 heteroatoms. The van der Waals surface area contributed by atoms with Gasteiger partial charge in [-0.25, -0.2) is 9.78 Å². The molecule has 1 aromatic rings. The monoisotopic (exact) mass is 299 g/mol. The molecule has 0 aliphatic heterocycles. The van der Waals surface area contributed by atoms with Crippen LogP contribution in [0.15, 0.2) is 0 Å². The Bertz CT molecular complexity index is 432. The van der Waals surface area contributed by atoms with E-state index in [4.69, 9.17) is 0 Å². The number of aryl methyl sites for hydroxylation is 2. The van der Waals surface area contributed by atoms with Gasteiger partial charge in [0.1, 0.15) is 0 Å². The predicted octanol–water partition coefficient (Wildman–Crippen LogP) is 2.01. The number of hydrogen-bond acceptors (Lipinski definition) is 4. The van der Waals surface area contributed by atoms with Crippen molar-refractivity contribution in [2.45, 2.75) is 46.6 Å². The molecule has 114 valence electrons. The molecule has 0 saturated heterocycles. The van der Waals surface area contributed by atoms with Crippen LogP contribution >= 0.6 is 11.3 Å². The highest BCUT2D eigenvalue weighted by molar-refractivity contribution is 7.11. The lowest BCUT2D eigenvalue weighted by molar-refractivity contribution is 0.116. The minimum absolute atomic E-state index is 0.181. The first-order chi connectivity index (χ1) is 9.40. The van der Waals surface area contributed by atoms with Gasteiger partial charge in [0.15, 0.2) is 0 Å². The average Bonchev–Trinajstić information content (AvgIpc) is 2.67. The molecule has 20 heavy (non-hydrogen) atoms. The van der Waals surface area contributed by atoms with Crippen molar-refractivity contribution in [1.29, 1.82) is 0 Å². The minimum Gasteiger partial charge on any atom is -0.393 e. The molecule has 3 N–H and O–H groups in total. The second-order valence-electron chi connectivity index (χ2n) is 5.27. The van der Waals surface area contributed by atoms with Gasteiger partial charge in [-0.3, -0.25) is 0 Å². The molecule has 0 spiro atoms. The van der Waals surface area contributed by atoms with Crippen molar-refractivity contribution in [3.8, 4) is 0 Å². The third kappa shape index (κ3) is 5.88. The minimum atomic E-state index is -0.363. The fraction of sp³-hybridized carbons (Fsp3) is 0.714. The third-order valence-electron chi connectivity index (χ3n) is 3.13. The molecule has 0 saturated carbocycles. The Hall–Kier alpha value is -1.14. The normalized spacial score (nSPS) is 12.5. The molecule has 0 aromatic carbocycles. The lowest BCUT2D eigenvalue weighted by Crippen LogP contribution is -2.38. The van der Waals surface area contributed by atoms with Crippen LogP contribution in [-0.2, 0) is 6.42 Å². The summed E-state index contributed by atoms with van der Waals surface area (Å²) in [6.07, 6.45) is 1.02. The summed E-state index contributed by atoms with van der Waals surface area (Å²) in [5.74, 6) is 0.220. The molecule has 0 aliphatic rings. The summed E-state index contributed by atoms with van der Waals surface area (Å²) in [6, 6.07) is -0.181. The molecule has 2 amide bonds. The zero-order chi connectivity index (χ0) is 15.1. The molecule has 1 atom stereocenters. The summed E-state index contributed by atoms with van der Waals surface area (Å²) in [5.41, 5.74) is 1.05. The maximum absolute atomic E-state index is 11.6. The van der Waals surface area contributed by atoms with Crippen molar-refractivity contribution < 1.29 is 9.90 Å². The molecule has 5 nitrogen and oxygen atoms in total. The van der Waals surface area contributed by atoms with Crippen LogP contribution in [0.4, 0.5) is 4.79 Å². The fourth-order valence-electron chi connectivity index (χ4n) is 1.82. The maximum Gasteiger partial charge on any atom is 0.314 e. The molecule has 1 rings (SSSR count). The molecule has 1 aromatic heterocycles. The quantitative estimate of drug-likeness (QED) is 0.721. The molecule has 1 heterocycles. The Morgan fingerprint density at radius 1 is 1.30 bits per heavy atom. The molecular formula is C14H25N3O2S. The molecule has 1 unspecified atom stereocenters. The van der Waals surface area contributed by atoms with Gasteiger partial charge in [-0.1, -0.05) is 13.8 Å². The van der Waals surface area contributed by atoms with Crippen LogP contribution in [-0.4, -0.2) is 35.3 Å². The van der Waals surface area contributed by atoms with Gasteiger partial charge in [-0.2, -0.15) is 0 Å². The van der Waals surface area contributed by atoms with E-state index in [0.717, 1.165) is 17.1 Å². The van der Waals surface area contributed by atoms with E-state index in [1.165, 1.54) is 4.88 Å². The van der Waals surface area contributed by atoms with Crippen molar-refractivity contribution in [2.75, 3.05) is 13.1 Å². The van der Waals surface area contributed by atoms with Gasteiger partial charge in [0.2, 0.25) is 0 Å². The first kappa shape index (κ1) is 16.9. The second kappa shape index (κ2) is 8.21. The summed E-state index contributed by atoms with van der Waals surface area (Å²) in [6.45, 7) is 8.99. The van der Waals surface area contributed by atoms with Gasteiger partial charge in [-0.05, 0) is 26.2 Å². The lowest BCUT2D eigenvalue weighted by Gasteiger charge is -2.14. The lowest BCUT2D eigenvalue weighted by atomic mass is 10.0. The molecule has 0 radical (unpaired) electrons. The number of carbonyl (C=O) groups is 1. The fourth-order valence-corrected chi connectivity index (χ4v) is 2.76. The highest BCUT2D eigenvalue weighted by atomic mass is 32.1. The topological polar surface area (TPSA) is 74.2 Å². The number of hydrogen-bond donors (Lipinski definition) is 3. The number of rotatable bonds is 7. The summed E-state index contributed by atoms with van der Waals surface area (Å²) < 4.78 is 0. The van der Waals surface area contributed by atoms with Gasteiger partial charge < -0.3 is 15.7 Å². The van der Waals surface area contributed by atoms with Crippen LogP contribution in [0, 0.1) is 19.8 Å². The van der Waals surface area contributed by atoms with Crippen molar-refractivity contribution in [3.63, 3.8) is 0 Å². The first-order valence-corrected chi connectivity index (χ1v) is 7.84. The summed E-state index contributed by atoms with van der Waals surface area (Å²) in [4.78, 5) is 17.1. The predicted molar refractivity (Wildman–Crippen MR) is 82.2 cm³/mol. The van der Waals surface area contributed by atoms with E-state index in [2.05, 4.69) is 15.6 Å². The van der Waals surface area contributed by atoms with E-state index in [-0.39, 0.29) is 18.1 Å². The summed E-state index contributed by atoms with van der Waals surface area (Å²) in [7, 11) is 0. The van der Waals surface area contributed by atoms with Crippen molar-refractivity contribution >= 4 is 17.4 Å². The Kier molecular flexibility index (Phi) is 6.95. The zero-order valence-electron chi connectivity index (χ0n) is 12.7. The van der Waals surface area contributed by atoms with E-state index in [9.17, 15) is 9.90 Å². The molecule has 0 bridgehead atoms. The van der Waals surface area contributed by atoms with E-state index in [0.29, 0.717) is 19.5 Å². The van der Waals surface area contributed by atoms with Crippen LogP contribution in [0.5, 0.6) is 0 Å². The van der Waals surface area contributed by atoms with Crippen LogP contribution in [0.1, 0.15) is 35.8 Å². The first-order valence-electron chi connectivity index (χ1n) is 7.02. The van der Waals surface area contributed by atoms with Crippen LogP contribution in [0.25, 0.3) is 0 Å². The van der Waals surface area contributed by atoms with Gasteiger partial charge in [0, 0.05) is 24.4 Å². The SMILES string of the molecule is Cc1nc(C)c(CCNC(=O)NCCC(O)C(C)C)s1. The molecular weight excluding hydrogens is 274 g/mol. The van der Waals surface area contributed by atoms with Crippen molar-refractivity contribution in [1.82, 2.24) is 15.6 Å². The van der Waals surface area contributed by atoms with Crippen molar-refractivity contribution in [3.05, 3.63) is 15.6 Å². The number of aromatic nitrogens is 1. The smallest absolute Gasteiger partial charge is 0.314 e. The Morgan fingerprint density at radius 2 is 1.95 bits per heavy atom. The summed E-state index contributed by atoms with van der Waals surface area (Å²) in [5, 5.41) is 16.2. The Labute approximate surface area is 124 Å². The number of urea groups is 1. The number of amides is 2. The largest absolute Gasteiger partial charge is 0.393 e. The van der Waals surface area contributed by atoms with Gasteiger partial charge >= 0.3 is 6.03 Å². The van der Waals surface area contributed by atoms with Crippen LogP contribution in [0.3, 0.4) is 0 Å². The highest BCUT2D eigenvalue weighted by Gasteiger charge is 2.09. The Balaban J connectivity index is 2.16. The van der Waals surface area contributed by atoms with Crippen molar-refractivity contribution in [2.24, 2.45) is 5.92 Å². The van der Waals surface area contributed by atoms with Crippen LogP contribution in [0.2, 0.25) is 0 Å². The number of carbonyl (C=O) groups excluding carboxylic acids is 1. The number of thiazole rings is 1. The highest BCUT2D eigenvalue weighted by Crippen LogP contribution is 2.16. The molecule has 0 fully saturated rings. The van der Waals surface area contributed by atoms with Gasteiger partial charge in [-0.15, -0.1) is 11.3 Å². The van der Waals surface area contributed by atoms with E-state index < -0.39 is 0 Å². The van der Waals surface area contributed by atoms with Gasteiger partial charge in [0.25, 0.3) is 0 Å². The Morgan fingerprint density at radius 3 is 2.50 bits per heavy atom. The number of aliphatic hydroxyl groups is 1. The van der Waals surface area contributed by atoms with Crippen LogP contribution < -0.4 is 10.6 Å². The maximum atomic E-state index is 11.6. The van der Waals surface area contributed by atoms with E-state index >= 15 is 0 Å². The van der Waals surface area contributed by atoms with E-state index in [1.807, 2.05) is 27.7 Å². The average molecular weight is 299 g/mol. The number of nitrogens with zero attached hydrogens (tertiary/aromatic N) is 1. The summed E-state index contributed by atoms with van der Waals surface area (Å²) >= 11 is 1.68.